The molecule has 0 radical (unpaired) electrons. The number of anilines is 1. The number of hydrogen-bond acceptors (Lipinski definition) is 3. The van der Waals surface area contributed by atoms with Crippen molar-refractivity contribution in [2.75, 3.05) is 4.72 Å². The number of hydrogen-bond donors (Lipinski definition) is 2. The molecule has 0 heterocycles. The number of carbonyl (C=O) groups is 1. The Hall–Kier alpha value is -2.83. The molecule has 2 N–H and O–H groups in total. The van der Waals surface area contributed by atoms with E-state index in [-0.39, 0.29) is 33.1 Å². The van der Waals surface area contributed by atoms with Crippen molar-refractivity contribution in [3.8, 4) is 0 Å². The number of aryl methyl sites for hydroxylation is 1. The molecule has 0 aliphatic carbocycles. The zero-order valence-corrected chi connectivity index (χ0v) is 17.6. The van der Waals surface area contributed by atoms with Crippen LogP contribution in [0.4, 0.5) is 5.69 Å². The van der Waals surface area contributed by atoms with E-state index in [0.29, 0.717) is 0 Å². The van der Waals surface area contributed by atoms with Gasteiger partial charge in [0.1, 0.15) is 0 Å². The molecule has 0 aliphatic rings. The Morgan fingerprint density at radius 1 is 0.966 bits per heavy atom. The Labute approximate surface area is 175 Å². The molecule has 0 saturated carbocycles. The minimum atomic E-state index is -3.78. The van der Waals surface area contributed by atoms with Crippen LogP contribution in [-0.2, 0) is 10.0 Å². The summed E-state index contributed by atoms with van der Waals surface area (Å²) < 4.78 is 27.7. The van der Waals surface area contributed by atoms with Gasteiger partial charge in [0.2, 0.25) is 0 Å². The molecule has 7 heteroatoms. The van der Waals surface area contributed by atoms with Crippen molar-refractivity contribution < 1.29 is 13.2 Å². The van der Waals surface area contributed by atoms with Crippen molar-refractivity contribution in [3.05, 3.63) is 94.5 Å². The Kier molecular flexibility index (Phi) is 6.25. The highest BCUT2D eigenvalue weighted by Gasteiger charge is 2.18. The first kappa shape index (κ1) is 20.9. The maximum absolute atomic E-state index is 12.7. The second-order valence-electron chi connectivity index (χ2n) is 6.72. The van der Waals surface area contributed by atoms with Gasteiger partial charge < -0.3 is 5.32 Å². The van der Waals surface area contributed by atoms with Gasteiger partial charge in [0.25, 0.3) is 15.9 Å². The van der Waals surface area contributed by atoms with Gasteiger partial charge in [-0.05, 0) is 49.7 Å². The molecule has 0 spiro atoms. The zero-order chi connectivity index (χ0) is 21.0. The highest BCUT2D eigenvalue weighted by atomic mass is 35.5. The second kappa shape index (κ2) is 8.68. The maximum Gasteiger partial charge on any atom is 0.261 e. The van der Waals surface area contributed by atoms with E-state index in [1.165, 1.54) is 30.3 Å². The highest BCUT2D eigenvalue weighted by molar-refractivity contribution is 7.92. The zero-order valence-electron chi connectivity index (χ0n) is 16.0. The summed E-state index contributed by atoms with van der Waals surface area (Å²) in [5, 5.41) is 3.12. The molecule has 0 fully saturated rings. The van der Waals surface area contributed by atoms with Crippen LogP contribution < -0.4 is 10.0 Å². The van der Waals surface area contributed by atoms with Crippen LogP contribution in [-0.4, -0.2) is 14.3 Å². The Morgan fingerprint density at radius 2 is 1.62 bits per heavy atom. The third-order valence-corrected chi connectivity index (χ3v) is 6.17. The fraction of sp³-hybridized carbons (Fsp3) is 0.136. The van der Waals surface area contributed by atoms with E-state index in [2.05, 4.69) is 10.0 Å². The summed E-state index contributed by atoms with van der Waals surface area (Å²) in [5.41, 5.74) is 2.36. The lowest BCUT2D eigenvalue weighted by molar-refractivity contribution is 0.0940. The Bertz CT molecular complexity index is 1110. The van der Waals surface area contributed by atoms with Crippen molar-refractivity contribution in [2.24, 2.45) is 0 Å². The smallest absolute Gasteiger partial charge is 0.261 e. The molecule has 0 unspecified atom stereocenters. The topological polar surface area (TPSA) is 75.3 Å². The highest BCUT2D eigenvalue weighted by Crippen LogP contribution is 2.24. The van der Waals surface area contributed by atoms with Crippen LogP contribution in [0.15, 0.2) is 77.7 Å². The monoisotopic (exact) mass is 428 g/mol. The molecular weight excluding hydrogens is 408 g/mol. The minimum Gasteiger partial charge on any atom is -0.345 e. The molecule has 0 aliphatic heterocycles. The molecule has 3 aromatic rings. The number of benzene rings is 3. The van der Waals surface area contributed by atoms with E-state index in [1.54, 1.807) is 12.1 Å². The summed E-state index contributed by atoms with van der Waals surface area (Å²) in [4.78, 5) is 12.8. The normalized spacial score (nSPS) is 12.2. The van der Waals surface area contributed by atoms with Crippen molar-refractivity contribution in [1.29, 1.82) is 0 Å². The van der Waals surface area contributed by atoms with Gasteiger partial charge in [-0.2, -0.15) is 0 Å². The molecule has 1 atom stereocenters. The van der Waals surface area contributed by atoms with Gasteiger partial charge >= 0.3 is 0 Å². The van der Waals surface area contributed by atoms with E-state index in [1.807, 2.05) is 44.2 Å². The Morgan fingerprint density at radius 3 is 2.28 bits per heavy atom. The van der Waals surface area contributed by atoms with Gasteiger partial charge in [-0.15, -0.1) is 0 Å². The van der Waals surface area contributed by atoms with Crippen LogP contribution in [0.25, 0.3) is 0 Å². The van der Waals surface area contributed by atoms with Gasteiger partial charge in [-0.1, -0.05) is 59.6 Å². The lowest BCUT2D eigenvalue weighted by Gasteiger charge is -2.16. The SMILES string of the molecule is Cc1ccc(S(=O)(=O)Nc2ccc(Cl)c(C(=O)N[C@H](C)c3ccccc3)c2)cc1. The van der Waals surface area contributed by atoms with E-state index >= 15 is 0 Å². The number of sulfonamides is 1. The van der Waals surface area contributed by atoms with Crippen molar-refractivity contribution >= 4 is 33.2 Å². The van der Waals surface area contributed by atoms with E-state index in [4.69, 9.17) is 11.6 Å². The minimum absolute atomic E-state index is 0.141. The summed E-state index contributed by atoms with van der Waals surface area (Å²) in [7, 11) is -3.78. The standard InChI is InChI=1S/C22H21ClN2O3S/c1-15-8-11-19(12-9-15)29(27,28)25-18-10-13-21(23)20(14-18)22(26)24-16(2)17-6-4-3-5-7-17/h3-14,16,25H,1-2H3,(H,24,26)/t16-/m1/s1. The van der Waals surface area contributed by atoms with Crippen LogP contribution in [0.3, 0.4) is 0 Å². The number of nitrogens with one attached hydrogen (secondary N) is 2. The third-order valence-electron chi connectivity index (χ3n) is 4.44. The van der Waals surface area contributed by atoms with Gasteiger partial charge in [0.05, 0.1) is 21.5 Å². The first-order chi connectivity index (χ1) is 13.8. The molecular formula is C22H21ClN2O3S. The molecule has 3 aromatic carbocycles. The first-order valence-electron chi connectivity index (χ1n) is 9.01. The molecule has 0 bridgehead atoms. The van der Waals surface area contributed by atoms with Crippen LogP contribution in [0.5, 0.6) is 0 Å². The largest absolute Gasteiger partial charge is 0.345 e. The van der Waals surface area contributed by atoms with Crippen LogP contribution in [0.2, 0.25) is 5.02 Å². The number of carbonyl (C=O) groups excluding carboxylic acids is 1. The van der Waals surface area contributed by atoms with Gasteiger partial charge in [0.15, 0.2) is 0 Å². The molecule has 150 valence electrons. The average Bonchev–Trinajstić information content (AvgIpc) is 2.70. The van der Waals surface area contributed by atoms with E-state index < -0.39 is 10.0 Å². The first-order valence-corrected chi connectivity index (χ1v) is 10.9. The summed E-state index contributed by atoms with van der Waals surface area (Å²) in [6, 6.07) is 20.2. The lowest BCUT2D eigenvalue weighted by atomic mass is 10.1. The lowest BCUT2D eigenvalue weighted by Crippen LogP contribution is -2.27. The molecule has 3 rings (SSSR count). The van der Waals surface area contributed by atoms with E-state index in [0.717, 1.165) is 11.1 Å². The molecule has 5 nitrogen and oxygen atoms in total. The van der Waals surface area contributed by atoms with Crippen LogP contribution >= 0.6 is 11.6 Å². The van der Waals surface area contributed by atoms with E-state index in [9.17, 15) is 13.2 Å². The summed E-state index contributed by atoms with van der Waals surface area (Å²) >= 11 is 6.19. The van der Waals surface area contributed by atoms with Gasteiger partial charge in [-0.25, -0.2) is 8.42 Å². The quantitative estimate of drug-likeness (QED) is 0.583. The maximum atomic E-state index is 12.7. The van der Waals surface area contributed by atoms with Crippen LogP contribution in [0.1, 0.15) is 34.5 Å². The molecule has 0 saturated heterocycles. The summed E-state index contributed by atoms with van der Waals surface area (Å²) in [6.07, 6.45) is 0. The van der Waals surface area contributed by atoms with Crippen molar-refractivity contribution in [2.45, 2.75) is 24.8 Å². The fourth-order valence-electron chi connectivity index (χ4n) is 2.79. The third kappa shape index (κ3) is 5.16. The molecule has 1 amide bonds. The summed E-state index contributed by atoms with van der Waals surface area (Å²) in [5.74, 6) is -0.386. The molecule has 29 heavy (non-hydrogen) atoms. The number of amides is 1. The predicted octanol–water partition coefficient (Wildman–Crippen LogP) is 4.94. The summed E-state index contributed by atoms with van der Waals surface area (Å²) in [6.45, 7) is 3.75. The molecule has 0 aromatic heterocycles. The van der Waals surface area contributed by atoms with Crippen molar-refractivity contribution in [1.82, 2.24) is 5.32 Å². The second-order valence-corrected chi connectivity index (χ2v) is 8.81. The number of rotatable bonds is 6. The van der Waals surface area contributed by atoms with Gasteiger partial charge in [0, 0.05) is 5.69 Å². The fourth-order valence-corrected chi connectivity index (χ4v) is 4.05. The van der Waals surface area contributed by atoms with Gasteiger partial charge in [-0.3, -0.25) is 9.52 Å². The van der Waals surface area contributed by atoms with Crippen LogP contribution in [0, 0.1) is 6.92 Å². The predicted molar refractivity (Wildman–Crippen MR) is 116 cm³/mol. The van der Waals surface area contributed by atoms with Crippen molar-refractivity contribution in [3.63, 3.8) is 0 Å². The Balaban J connectivity index is 1.80. The average molecular weight is 429 g/mol. The number of halogens is 1.